The Labute approximate surface area is 216 Å². The highest BCUT2D eigenvalue weighted by Gasteiger charge is 2.30. The number of piperazine rings is 1. The lowest BCUT2D eigenvalue weighted by molar-refractivity contribution is 0.0893. The number of rotatable bonds is 10. The fraction of sp³-hybridized carbons (Fsp3) is 0.583. The highest BCUT2D eigenvalue weighted by molar-refractivity contribution is 7.89. The molecule has 1 aliphatic heterocycles. The van der Waals surface area contributed by atoms with Crippen molar-refractivity contribution in [1.82, 2.24) is 33.9 Å². The maximum absolute atomic E-state index is 13.5. The molecule has 0 radical (unpaired) electrons. The summed E-state index contributed by atoms with van der Waals surface area (Å²) in [7, 11) is -0.554. The molecule has 0 aliphatic carbocycles. The van der Waals surface area contributed by atoms with Gasteiger partial charge in [-0.2, -0.15) is 9.40 Å². The van der Waals surface area contributed by atoms with Gasteiger partial charge in [0.1, 0.15) is 22.3 Å². The Hall–Kier alpha value is -2.87. The van der Waals surface area contributed by atoms with E-state index >= 15 is 0 Å². The van der Waals surface area contributed by atoms with Crippen molar-refractivity contribution >= 4 is 21.1 Å². The maximum atomic E-state index is 13.5. The summed E-state index contributed by atoms with van der Waals surface area (Å²) in [6, 6.07) is 1.48. The molecule has 12 nitrogen and oxygen atoms in total. The predicted octanol–water partition coefficient (Wildman–Crippen LogP) is 1.41. The number of nitrogens with one attached hydrogen (secondary N) is 1. The van der Waals surface area contributed by atoms with Gasteiger partial charge in [0.05, 0.1) is 24.1 Å². The largest absolute Gasteiger partial charge is 0.472 e. The van der Waals surface area contributed by atoms with Crippen LogP contribution in [0.2, 0.25) is 0 Å². The van der Waals surface area contributed by atoms with E-state index in [0.29, 0.717) is 55.9 Å². The molecule has 1 aliphatic rings. The van der Waals surface area contributed by atoms with Gasteiger partial charge in [-0.1, -0.05) is 20.3 Å². The van der Waals surface area contributed by atoms with Gasteiger partial charge >= 0.3 is 0 Å². The molecule has 1 fully saturated rings. The third-order valence-corrected chi connectivity index (χ3v) is 8.32. The van der Waals surface area contributed by atoms with E-state index in [2.05, 4.69) is 26.9 Å². The Bertz CT molecular complexity index is 1410. The van der Waals surface area contributed by atoms with E-state index in [1.807, 2.05) is 13.8 Å². The number of aromatic nitrogens is 5. The van der Waals surface area contributed by atoms with Crippen LogP contribution in [-0.2, 0) is 28.2 Å². The van der Waals surface area contributed by atoms with E-state index in [1.165, 1.54) is 21.3 Å². The third-order valence-electron chi connectivity index (χ3n) is 6.46. The zero-order valence-corrected chi connectivity index (χ0v) is 22.8. The molecule has 3 aromatic rings. The quantitative estimate of drug-likeness (QED) is 0.410. The van der Waals surface area contributed by atoms with Crippen LogP contribution in [-0.4, -0.2) is 94.9 Å². The second-order valence-electron chi connectivity index (χ2n) is 9.18. The first kappa shape index (κ1) is 27.2. The fourth-order valence-electron chi connectivity index (χ4n) is 4.51. The summed E-state index contributed by atoms with van der Waals surface area (Å²) in [4.78, 5) is 27.2. The maximum Gasteiger partial charge on any atom is 0.277 e. The number of aryl methyl sites for hydroxylation is 2. The van der Waals surface area contributed by atoms with Crippen LogP contribution in [0.3, 0.4) is 0 Å². The summed E-state index contributed by atoms with van der Waals surface area (Å²) >= 11 is 0. The highest BCUT2D eigenvalue weighted by Crippen LogP contribution is 2.31. The number of nitrogens with zero attached hydrogens (tertiary/aromatic N) is 6. The molecule has 37 heavy (non-hydrogen) atoms. The van der Waals surface area contributed by atoms with E-state index in [0.717, 1.165) is 13.0 Å². The van der Waals surface area contributed by atoms with Gasteiger partial charge in [-0.25, -0.2) is 18.4 Å². The Kier molecular flexibility index (Phi) is 8.26. The van der Waals surface area contributed by atoms with E-state index in [9.17, 15) is 13.2 Å². The summed E-state index contributed by atoms with van der Waals surface area (Å²) in [5, 5.41) is 4.47. The van der Waals surface area contributed by atoms with Crippen molar-refractivity contribution in [3.63, 3.8) is 0 Å². The van der Waals surface area contributed by atoms with Crippen LogP contribution in [0.4, 0.5) is 0 Å². The first-order valence-electron chi connectivity index (χ1n) is 12.5. The van der Waals surface area contributed by atoms with Crippen LogP contribution < -0.4 is 10.3 Å². The summed E-state index contributed by atoms with van der Waals surface area (Å²) in [6.45, 7) is 9.19. The zero-order chi connectivity index (χ0) is 26.7. The number of H-pyrrole nitrogens is 1. The monoisotopic (exact) mass is 533 g/mol. The molecule has 1 N–H and O–H groups in total. The van der Waals surface area contributed by atoms with Crippen LogP contribution >= 0.6 is 0 Å². The molecule has 3 aromatic heterocycles. The summed E-state index contributed by atoms with van der Waals surface area (Å²) < 4.78 is 41.2. The third kappa shape index (κ3) is 5.54. The molecular weight excluding hydrogens is 498 g/mol. The highest BCUT2D eigenvalue weighted by atomic mass is 32.2. The number of hydrogen-bond donors (Lipinski definition) is 1. The lowest BCUT2D eigenvalue weighted by atomic mass is 10.2. The van der Waals surface area contributed by atoms with Gasteiger partial charge in [0.15, 0.2) is 5.52 Å². The van der Waals surface area contributed by atoms with Crippen LogP contribution in [0.1, 0.15) is 32.9 Å². The average molecular weight is 534 g/mol. The first-order chi connectivity index (χ1) is 17.7. The van der Waals surface area contributed by atoms with Crippen LogP contribution in [0.5, 0.6) is 5.88 Å². The van der Waals surface area contributed by atoms with Crippen LogP contribution in [0.15, 0.2) is 22.0 Å². The van der Waals surface area contributed by atoms with Gasteiger partial charge in [-0.3, -0.25) is 9.48 Å². The molecule has 0 saturated carbocycles. The molecule has 0 aromatic carbocycles. The molecule has 1 saturated heterocycles. The second kappa shape index (κ2) is 11.3. The van der Waals surface area contributed by atoms with Crippen molar-refractivity contribution in [3.8, 4) is 17.3 Å². The molecular formula is C24H35N7O5S. The molecule has 0 bridgehead atoms. The summed E-state index contributed by atoms with van der Waals surface area (Å²) in [5.41, 5.74) is 1.43. The lowest BCUT2D eigenvalue weighted by Crippen LogP contribution is -2.48. The van der Waals surface area contributed by atoms with Gasteiger partial charge in [-0.05, 0) is 26.0 Å². The number of pyridine rings is 1. The Morgan fingerprint density at radius 3 is 2.57 bits per heavy atom. The summed E-state index contributed by atoms with van der Waals surface area (Å²) in [6.07, 6.45) is 2.41. The average Bonchev–Trinajstić information content (AvgIpc) is 3.20. The van der Waals surface area contributed by atoms with Crippen molar-refractivity contribution in [3.05, 3.63) is 28.3 Å². The normalized spacial score (nSPS) is 16.4. The second-order valence-corrected chi connectivity index (χ2v) is 11.1. The summed E-state index contributed by atoms with van der Waals surface area (Å²) in [5.74, 6) is 0.325. The van der Waals surface area contributed by atoms with E-state index in [4.69, 9.17) is 14.5 Å². The molecule has 202 valence electrons. The number of aromatic amines is 1. The van der Waals surface area contributed by atoms with Gasteiger partial charge in [-0.15, -0.1) is 0 Å². The van der Waals surface area contributed by atoms with Crippen molar-refractivity contribution in [2.24, 2.45) is 7.05 Å². The predicted molar refractivity (Wildman–Crippen MR) is 139 cm³/mol. The Morgan fingerprint density at radius 2 is 1.92 bits per heavy atom. The number of fused-ring (bicyclic) bond motifs is 1. The Balaban J connectivity index is 1.83. The molecule has 13 heteroatoms. The SMILES string of the molecule is CCCc1nn(C)c2c(=O)[nH]c(-c3cc(S(=O)(=O)N4CCN(CC)CC4)cnc3OC(C)COC)nc12. The van der Waals surface area contributed by atoms with Crippen LogP contribution in [0, 0.1) is 0 Å². The minimum atomic E-state index is -3.82. The number of ether oxygens (including phenoxy) is 2. The van der Waals surface area contributed by atoms with Crippen LogP contribution in [0.25, 0.3) is 22.4 Å². The van der Waals surface area contributed by atoms with E-state index in [-0.39, 0.29) is 33.8 Å². The smallest absolute Gasteiger partial charge is 0.277 e. The number of methoxy groups -OCH3 is 1. The standard InChI is InChI=1S/C24H35N7O5S/c1-6-8-19-20-21(29(4)28-19)23(32)27-22(26-20)18-13-17(14-25-24(18)36-16(3)15-35-5)37(33,34)31-11-9-30(7-2)10-12-31/h13-14,16H,6-12,15H2,1-5H3,(H,26,27,32). The van der Waals surface area contributed by atoms with Gasteiger partial charge < -0.3 is 19.4 Å². The lowest BCUT2D eigenvalue weighted by Gasteiger charge is -2.33. The molecule has 1 atom stereocenters. The molecule has 0 amide bonds. The van der Waals surface area contributed by atoms with E-state index < -0.39 is 10.0 Å². The molecule has 1 unspecified atom stereocenters. The van der Waals surface area contributed by atoms with Crippen molar-refractivity contribution < 1.29 is 17.9 Å². The van der Waals surface area contributed by atoms with Gasteiger partial charge in [0.25, 0.3) is 5.56 Å². The topological polar surface area (TPSA) is 136 Å². The molecule has 0 spiro atoms. The first-order valence-corrected chi connectivity index (χ1v) is 14.0. The number of sulfonamides is 1. The zero-order valence-electron chi connectivity index (χ0n) is 22.0. The number of likely N-dealkylation sites (N-methyl/N-ethyl adjacent to an activating group) is 1. The molecule has 4 heterocycles. The fourth-order valence-corrected chi connectivity index (χ4v) is 5.91. The van der Waals surface area contributed by atoms with Crippen molar-refractivity contribution in [1.29, 1.82) is 0 Å². The number of hydrogen-bond acceptors (Lipinski definition) is 9. The van der Waals surface area contributed by atoms with E-state index in [1.54, 1.807) is 14.2 Å². The minimum absolute atomic E-state index is 0.0157. The van der Waals surface area contributed by atoms with Crippen molar-refractivity contribution in [2.45, 2.75) is 44.6 Å². The van der Waals surface area contributed by atoms with Gasteiger partial charge in [0.2, 0.25) is 15.9 Å². The van der Waals surface area contributed by atoms with Crippen molar-refractivity contribution in [2.75, 3.05) is 46.4 Å². The van der Waals surface area contributed by atoms with Gasteiger partial charge in [0, 0.05) is 40.3 Å². The minimum Gasteiger partial charge on any atom is -0.472 e. The Morgan fingerprint density at radius 1 is 1.19 bits per heavy atom. The molecule has 4 rings (SSSR count).